The van der Waals surface area contributed by atoms with E-state index in [0.29, 0.717) is 19.5 Å². The Morgan fingerprint density at radius 3 is 2.38 bits per heavy atom. The molecule has 29 heavy (non-hydrogen) atoms. The lowest BCUT2D eigenvalue weighted by atomic mass is 10.1. The Morgan fingerprint density at radius 2 is 1.72 bits per heavy atom. The summed E-state index contributed by atoms with van der Waals surface area (Å²) in [5.41, 5.74) is 1.85. The summed E-state index contributed by atoms with van der Waals surface area (Å²) >= 11 is 0. The second-order valence-corrected chi connectivity index (χ2v) is 6.84. The van der Waals surface area contributed by atoms with Gasteiger partial charge in [-0.05, 0) is 36.2 Å². The van der Waals surface area contributed by atoms with Crippen LogP contribution in [0.25, 0.3) is 0 Å². The molecular weight excluding hydrogens is 371 g/mol. The second-order valence-electron chi connectivity index (χ2n) is 6.84. The summed E-state index contributed by atoms with van der Waals surface area (Å²) in [6, 6.07) is 14.8. The Hall–Kier alpha value is -3.09. The molecule has 0 aliphatic rings. The summed E-state index contributed by atoms with van der Waals surface area (Å²) in [5, 5.41) is 8.31. The average Bonchev–Trinajstić information content (AvgIpc) is 2.73. The van der Waals surface area contributed by atoms with Crippen LogP contribution >= 0.6 is 0 Å². The van der Waals surface area contributed by atoms with Crippen LogP contribution < -0.4 is 20.9 Å². The number of nitrogens with zero attached hydrogens (tertiary/aromatic N) is 1. The van der Waals surface area contributed by atoms with Gasteiger partial charge in [-0.2, -0.15) is 0 Å². The van der Waals surface area contributed by atoms with Crippen LogP contribution in [-0.2, 0) is 11.3 Å². The van der Waals surface area contributed by atoms with Crippen molar-refractivity contribution in [2.75, 3.05) is 25.0 Å². The van der Waals surface area contributed by atoms with Crippen LogP contribution in [0.15, 0.2) is 54.6 Å². The van der Waals surface area contributed by atoms with Gasteiger partial charge in [0.2, 0.25) is 5.91 Å². The predicted octanol–water partition coefficient (Wildman–Crippen LogP) is 3.05. The third kappa shape index (κ3) is 7.81. The van der Waals surface area contributed by atoms with Crippen LogP contribution in [-0.4, -0.2) is 38.1 Å². The highest BCUT2D eigenvalue weighted by Gasteiger charge is 2.19. The van der Waals surface area contributed by atoms with Crippen molar-refractivity contribution < 1.29 is 14.0 Å². The monoisotopic (exact) mass is 400 g/mol. The van der Waals surface area contributed by atoms with Crippen LogP contribution in [0.4, 0.5) is 14.9 Å². The lowest BCUT2D eigenvalue weighted by molar-refractivity contribution is -0.123. The van der Waals surface area contributed by atoms with Crippen LogP contribution in [0.2, 0.25) is 0 Å². The molecule has 1 unspecified atom stereocenters. The first-order valence-electron chi connectivity index (χ1n) is 9.82. The average molecular weight is 400 g/mol. The van der Waals surface area contributed by atoms with Gasteiger partial charge in [0.05, 0.1) is 0 Å². The zero-order valence-electron chi connectivity index (χ0n) is 17.0. The first-order chi connectivity index (χ1) is 14.0. The molecule has 0 heterocycles. The summed E-state index contributed by atoms with van der Waals surface area (Å²) in [4.78, 5) is 26.7. The maximum absolute atomic E-state index is 12.9. The molecule has 0 saturated carbocycles. The highest BCUT2D eigenvalue weighted by molar-refractivity contribution is 5.87. The molecule has 0 aliphatic carbocycles. The maximum atomic E-state index is 12.9. The van der Waals surface area contributed by atoms with Gasteiger partial charge >= 0.3 is 6.03 Å². The van der Waals surface area contributed by atoms with Crippen LogP contribution in [0, 0.1) is 5.82 Å². The summed E-state index contributed by atoms with van der Waals surface area (Å²) < 4.78 is 12.9. The van der Waals surface area contributed by atoms with E-state index in [4.69, 9.17) is 0 Å². The van der Waals surface area contributed by atoms with Crippen molar-refractivity contribution >= 4 is 17.6 Å². The fourth-order valence-electron chi connectivity index (χ4n) is 2.83. The van der Waals surface area contributed by atoms with Crippen molar-refractivity contribution in [1.82, 2.24) is 16.0 Å². The highest BCUT2D eigenvalue weighted by Crippen LogP contribution is 2.09. The lowest BCUT2D eigenvalue weighted by Gasteiger charge is -2.21. The number of hydrogen-bond donors (Lipinski definition) is 3. The minimum Gasteiger partial charge on any atom is -0.373 e. The van der Waals surface area contributed by atoms with Gasteiger partial charge in [-0.25, -0.2) is 9.18 Å². The summed E-state index contributed by atoms with van der Waals surface area (Å²) in [5.74, 6) is -0.527. The summed E-state index contributed by atoms with van der Waals surface area (Å²) in [6.45, 7) is 3.35. The molecule has 3 N–H and O–H groups in total. The maximum Gasteiger partial charge on any atom is 0.315 e. The number of carbonyl (C=O) groups excluding carboxylic acids is 2. The van der Waals surface area contributed by atoms with E-state index in [1.807, 2.05) is 44.3 Å². The number of nitrogens with one attached hydrogen (secondary N) is 3. The molecule has 0 saturated heterocycles. The van der Waals surface area contributed by atoms with E-state index in [1.165, 1.54) is 12.1 Å². The Kier molecular flexibility index (Phi) is 8.95. The van der Waals surface area contributed by atoms with Gasteiger partial charge in [-0.3, -0.25) is 4.79 Å². The number of para-hydroxylation sites is 1. The van der Waals surface area contributed by atoms with Crippen molar-refractivity contribution in [2.45, 2.75) is 32.4 Å². The Morgan fingerprint density at radius 1 is 1.03 bits per heavy atom. The summed E-state index contributed by atoms with van der Waals surface area (Å²) in [7, 11) is 1.96. The van der Waals surface area contributed by atoms with E-state index in [2.05, 4.69) is 20.9 Å². The highest BCUT2D eigenvalue weighted by atomic mass is 19.1. The number of anilines is 1. The molecular formula is C22H29FN4O2. The Labute approximate surface area is 171 Å². The van der Waals surface area contributed by atoms with E-state index in [9.17, 15) is 14.0 Å². The molecule has 6 nitrogen and oxygen atoms in total. The van der Waals surface area contributed by atoms with Gasteiger partial charge < -0.3 is 20.9 Å². The Bertz CT molecular complexity index is 768. The number of benzene rings is 2. The Balaban J connectivity index is 1.77. The minimum atomic E-state index is -0.602. The van der Waals surface area contributed by atoms with E-state index in [1.54, 1.807) is 12.1 Å². The predicted molar refractivity (Wildman–Crippen MR) is 113 cm³/mol. The van der Waals surface area contributed by atoms with Gasteiger partial charge in [0, 0.05) is 32.4 Å². The van der Waals surface area contributed by atoms with E-state index >= 15 is 0 Å². The molecule has 0 fully saturated rings. The van der Waals surface area contributed by atoms with Gasteiger partial charge in [-0.1, -0.05) is 43.7 Å². The van der Waals surface area contributed by atoms with Crippen molar-refractivity contribution in [3.05, 3.63) is 66.0 Å². The fraction of sp³-hybridized carbons (Fsp3) is 0.364. The molecule has 0 aliphatic heterocycles. The first kappa shape index (κ1) is 22.2. The van der Waals surface area contributed by atoms with Gasteiger partial charge in [-0.15, -0.1) is 0 Å². The van der Waals surface area contributed by atoms with Gasteiger partial charge in [0.1, 0.15) is 11.9 Å². The number of rotatable bonds is 10. The van der Waals surface area contributed by atoms with E-state index in [-0.39, 0.29) is 18.3 Å². The largest absolute Gasteiger partial charge is 0.373 e. The molecule has 0 radical (unpaired) electrons. The normalized spacial score (nSPS) is 11.4. The molecule has 0 bridgehead atoms. The van der Waals surface area contributed by atoms with Gasteiger partial charge in [0.25, 0.3) is 0 Å². The van der Waals surface area contributed by atoms with Gasteiger partial charge in [0.15, 0.2) is 0 Å². The standard InChI is InChI=1S/C22H29FN4O2/c1-3-7-20(26-22(29)25-16-17-10-12-18(23)13-11-17)21(28)24-14-15-27(2)19-8-5-4-6-9-19/h4-6,8-13,20H,3,7,14-16H2,1-2H3,(H,24,28)(H2,25,26,29). The molecule has 7 heteroatoms. The molecule has 3 amide bonds. The lowest BCUT2D eigenvalue weighted by Crippen LogP contribution is -2.50. The number of amides is 3. The number of carbonyl (C=O) groups is 2. The minimum absolute atomic E-state index is 0.203. The topological polar surface area (TPSA) is 73.5 Å². The number of hydrogen-bond acceptors (Lipinski definition) is 3. The molecule has 0 aromatic heterocycles. The first-order valence-corrected chi connectivity index (χ1v) is 9.82. The number of likely N-dealkylation sites (N-methyl/N-ethyl adjacent to an activating group) is 1. The quantitative estimate of drug-likeness (QED) is 0.574. The molecule has 156 valence electrons. The van der Waals surface area contributed by atoms with Crippen LogP contribution in [0.5, 0.6) is 0 Å². The molecule has 1 atom stereocenters. The van der Waals surface area contributed by atoms with Crippen molar-refractivity contribution in [2.24, 2.45) is 0 Å². The fourth-order valence-corrected chi connectivity index (χ4v) is 2.83. The van der Waals surface area contributed by atoms with Crippen LogP contribution in [0.3, 0.4) is 0 Å². The SMILES string of the molecule is CCCC(NC(=O)NCc1ccc(F)cc1)C(=O)NCCN(C)c1ccccc1. The molecule has 2 aromatic rings. The zero-order chi connectivity index (χ0) is 21.1. The van der Waals surface area contributed by atoms with Crippen LogP contribution in [0.1, 0.15) is 25.3 Å². The smallest absolute Gasteiger partial charge is 0.315 e. The molecule has 0 spiro atoms. The number of halogens is 1. The van der Waals surface area contributed by atoms with Crippen molar-refractivity contribution in [3.8, 4) is 0 Å². The number of urea groups is 1. The third-order valence-corrected chi connectivity index (χ3v) is 4.51. The van der Waals surface area contributed by atoms with Crippen molar-refractivity contribution in [1.29, 1.82) is 0 Å². The molecule has 2 aromatic carbocycles. The second kappa shape index (κ2) is 11.7. The summed E-state index contributed by atoms with van der Waals surface area (Å²) in [6.07, 6.45) is 1.31. The molecule has 2 rings (SSSR count). The zero-order valence-corrected chi connectivity index (χ0v) is 17.0. The van der Waals surface area contributed by atoms with E-state index < -0.39 is 12.1 Å². The third-order valence-electron chi connectivity index (χ3n) is 4.51. The van der Waals surface area contributed by atoms with E-state index in [0.717, 1.165) is 17.7 Å². The van der Waals surface area contributed by atoms with Crippen molar-refractivity contribution in [3.63, 3.8) is 0 Å².